The van der Waals surface area contributed by atoms with Crippen LogP contribution in [0.4, 0.5) is 0 Å². The Kier molecular flexibility index (Phi) is 5.59. The lowest BCUT2D eigenvalue weighted by Crippen LogP contribution is -2.45. The molecular weight excluding hydrogens is 292 g/mol. The van der Waals surface area contributed by atoms with Crippen LogP contribution in [0, 0.1) is 0 Å². The Morgan fingerprint density at radius 1 is 1.38 bits per heavy atom. The van der Waals surface area contributed by atoms with Crippen molar-refractivity contribution in [1.29, 1.82) is 0 Å². The number of carbonyl (C=O) groups is 2. The topological polar surface area (TPSA) is 58.6 Å². The van der Waals surface area contributed by atoms with Gasteiger partial charge < -0.3 is 15.0 Å². The summed E-state index contributed by atoms with van der Waals surface area (Å²) in [6.45, 7) is 1.34. The molecule has 1 aromatic rings. The van der Waals surface area contributed by atoms with Crippen molar-refractivity contribution in [2.75, 3.05) is 26.7 Å². The summed E-state index contributed by atoms with van der Waals surface area (Å²) < 4.78 is 5.27. The van der Waals surface area contributed by atoms with Gasteiger partial charge in [-0.1, -0.05) is 17.7 Å². The Morgan fingerprint density at radius 3 is 2.71 bits per heavy atom. The number of rotatable bonds is 4. The Hall–Kier alpha value is -1.59. The molecular formula is C15H19ClN2O3. The van der Waals surface area contributed by atoms with Gasteiger partial charge in [-0.3, -0.25) is 9.59 Å². The van der Waals surface area contributed by atoms with Gasteiger partial charge in [0.05, 0.1) is 12.6 Å². The molecule has 1 heterocycles. The fraction of sp³-hybridized carbons (Fsp3) is 0.467. The minimum Gasteiger partial charge on any atom is -0.381 e. The van der Waals surface area contributed by atoms with Gasteiger partial charge in [-0.05, 0) is 31.0 Å². The number of hydrogen-bond donors (Lipinski definition) is 1. The van der Waals surface area contributed by atoms with Crippen molar-refractivity contribution >= 4 is 23.4 Å². The molecule has 0 spiro atoms. The third kappa shape index (κ3) is 4.44. The molecule has 1 aromatic carbocycles. The minimum atomic E-state index is -0.294. The molecule has 0 aliphatic carbocycles. The molecule has 6 heteroatoms. The van der Waals surface area contributed by atoms with Gasteiger partial charge in [0.15, 0.2) is 0 Å². The molecule has 0 saturated carbocycles. The van der Waals surface area contributed by atoms with Gasteiger partial charge in [-0.2, -0.15) is 0 Å². The van der Waals surface area contributed by atoms with E-state index in [0.717, 1.165) is 12.8 Å². The van der Waals surface area contributed by atoms with Gasteiger partial charge >= 0.3 is 0 Å². The largest absolute Gasteiger partial charge is 0.381 e. The maximum Gasteiger partial charge on any atom is 0.251 e. The van der Waals surface area contributed by atoms with Crippen LogP contribution in [0.25, 0.3) is 0 Å². The maximum absolute atomic E-state index is 12.0. The van der Waals surface area contributed by atoms with E-state index in [1.807, 2.05) is 0 Å². The van der Waals surface area contributed by atoms with Crippen molar-refractivity contribution < 1.29 is 14.3 Å². The molecule has 0 unspecified atom stereocenters. The summed E-state index contributed by atoms with van der Waals surface area (Å²) in [6.07, 6.45) is 1.91. The van der Waals surface area contributed by atoms with Crippen LogP contribution in [0.2, 0.25) is 5.02 Å². The second-order valence-electron chi connectivity index (χ2n) is 5.01. The van der Waals surface area contributed by atoms with Crippen LogP contribution >= 0.6 is 11.6 Å². The summed E-state index contributed by atoms with van der Waals surface area (Å²) in [7, 11) is 1.69. The number of amides is 2. The fourth-order valence-corrected chi connectivity index (χ4v) is 2.53. The molecule has 0 radical (unpaired) electrons. The first-order valence-electron chi connectivity index (χ1n) is 6.94. The highest BCUT2D eigenvalue weighted by molar-refractivity contribution is 6.30. The van der Waals surface area contributed by atoms with Crippen LogP contribution in [-0.2, 0) is 9.53 Å². The van der Waals surface area contributed by atoms with Crippen LogP contribution in [0.3, 0.4) is 0 Å². The molecule has 5 nitrogen and oxygen atoms in total. The first-order valence-corrected chi connectivity index (χ1v) is 7.32. The number of nitrogens with zero attached hydrogens (tertiary/aromatic N) is 1. The molecule has 0 aromatic heterocycles. The summed E-state index contributed by atoms with van der Waals surface area (Å²) in [5.41, 5.74) is 0.452. The molecule has 114 valence electrons. The van der Waals surface area contributed by atoms with E-state index in [2.05, 4.69) is 5.32 Å². The standard InChI is InChI=1S/C15H19ClN2O3/c1-21-13-5-7-18(8-6-13)14(19)10-17-15(20)11-3-2-4-12(16)9-11/h2-4,9,13H,5-8,10H2,1H3,(H,17,20). The van der Waals surface area contributed by atoms with Crippen LogP contribution in [0.1, 0.15) is 23.2 Å². The van der Waals surface area contributed by atoms with E-state index in [4.69, 9.17) is 16.3 Å². The second kappa shape index (κ2) is 7.43. The highest BCUT2D eigenvalue weighted by Crippen LogP contribution is 2.13. The van der Waals surface area contributed by atoms with Gasteiger partial charge in [-0.15, -0.1) is 0 Å². The number of carbonyl (C=O) groups excluding carboxylic acids is 2. The summed E-state index contributed by atoms with van der Waals surface area (Å²) in [6, 6.07) is 6.64. The molecule has 21 heavy (non-hydrogen) atoms. The third-order valence-electron chi connectivity index (χ3n) is 3.62. The Labute approximate surface area is 129 Å². The smallest absolute Gasteiger partial charge is 0.251 e. The van der Waals surface area contributed by atoms with E-state index in [-0.39, 0.29) is 24.5 Å². The van der Waals surface area contributed by atoms with E-state index in [9.17, 15) is 9.59 Å². The van der Waals surface area contributed by atoms with Gasteiger partial charge in [-0.25, -0.2) is 0 Å². The number of piperidine rings is 1. The zero-order valence-electron chi connectivity index (χ0n) is 12.0. The lowest BCUT2D eigenvalue weighted by atomic mass is 10.1. The predicted octanol–water partition coefficient (Wildman–Crippen LogP) is 1.71. The lowest BCUT2D eigenvalue weighted by molar-refractivity contribution is -0.132. The number of nitrogens with one attached hydrogen (secondary N) is 1. The summed E-state index contributed by atoms with van der Waals surface area (Å²) >= 11 is 5.83. The monoisotopic (exact) mass is 310 g/mol. The van der Waals surface area contributed by atoms with Crippen molar-refractivity contribution in [3.8, 4) is 0 Å². The third-order valence-corrected chi connectivity index (χ3v) is 3.85. The SMILES string of the molecule is COC1CCN(C(=O)CNC(=O)c2cccc(Cl)c2)CC1. The van der Waals surface area contributed by atoms with Crippen molar-refractivity contribution in [3.63, 3.8) is 0 Å². The number of hydrogen-bond acceptors (Lipinski definition) is 3. The average Bonchev–Trinajstić information content (AvgIpc) is 2.52. The zero-order valence-corrected chi connectivity index (χ0v) is 12.7. The average molecular weight is 311 g/mol. The molecule has 1 fully saturated rings. The maximum atomic E-state index is 12.0. The number of benzene rings is 1. The number of halogens is 1. The highest BCUT2D eigenvalue weighted by atomic mass is 35.5. The molecule has 1 aliphatic rings. The molecule has 1 saturated heterocycles. The molecule has 2 rings (SSSR count). The number of likely N-dealkylation sites (tertiary alicyclic amines) is 1. The van der Waals surface area contributed by atoms with Crippen molar-refractivity contribution in [3.05, 3.63) is 34.9 Å². The zero-order chi connectivity index (χ0) is 15.2. The normalized spacial score (nSPS) is 15.8. The number of methoxy groups -OCH3 is 1. The van der Waals surface area contributed by atoms with E-state index in [1.165, 1.54) is 0 Å². The Bertz CT molecular complexity index is 513. The van der Waals surface area contributed by atoms with Gasteiger partial charge in [0.1, 0.15) is 0 Å². The van der Waals surface area contributed by atoms with Gasteiger partial charge in [0, 0.05) is 30.8 Å². The van der Waals surface area contributed by atoms with Crippen LogP contribution < -0.4 is 5.32 Å². The highest BCUT2D eigenvalue weighted by Gasteiger charge is 2.22. The van der Waals surface area contributed by atoms with Crippen molar-refractivity contribution in [2.45, 2.75) is 18.9 Å². The van der Waals surface area contributed by atoms with E-state index in [1.54, 1.807) is 36.3 Å². The molecule has 0 bridgehead atoms. The molecule has 1 N–H and O–H groups in total. The van der Waals surface area contributed by atoms with Gasteiger partial charge in [0.25, 0.3) is 5.91 Å². The lowest BCUT2D eigenvalue weighted by Gasteiger charge is -2.31. The molecule has 0 atom stereocenters. The molecule has 1 aliphatic heterocycles. The number of ether oxygens (including phenoxy) is 1. The Morgan fingerprint density at radius 2 is 2.10 bits per heavy atom. The van der Waals surface area contributed by atoms with E-state index >= 15 is 0 Å². The fourth-order valence-electron chi connectivity index (χ4n) is 2.34. The quantitative estimate of drug-likeness (QED) is 0.921. The first-order chi connectivity index (χ1) is 10.1. The predicted molar refractivity (Wildman–Crippen MR) is 80.4 cm³/mol. The minimum absolute atomic E-state index is 0.00297. The summed E-state index contributed by atoms with van der Waals surface area (Å²) in [5, 5.41) is 3.12. The Balaban J connectivity index is 1.80. The van der Waals surface area contributed by atoms with Crippen LogP contribution in [0.5, 0.6) is 0 Å². The van der Waals surface area contributed by atoms with Crippen molar-refractivity contribution in [1.82, 2.24) is 10.2 Å². The van der Waals surface area contributed by atoms with E-state index in [0.29, 0.717) is 23.7 Å². The van der Waals surface area contributed by atoms with Crippen LogP contribution in [0.15, 0.2) is 24.3 Å². The van der Waals surface area contributed by atoms with Crippen LogP contribution in [-0.4, -0.2) is 49.6 Å². The van der Waals surface area contributed by atoms with Crippen molar-refractivity contribution in [2.24, 2.45) is 0 Å². The summed E-state index contributed by atoms with van der Waals surface area (Å²) in [5.74, 6) is -0.363. The second-order valence-corrected chi connectivity index (χ2v) is 5.45. The van der Waals surface area contributed by atoms with Gasteiger partial charge in [0.2, 0.25) is 5.91 Å². The summed E-state index contributed by atoms with van der Waals surface area (Å²) in [4.78, 5) is 25.7. The molecule has 2 amide bonds. The van der Waals surface area contributed by atoms with E-state index < -0.39 is 0 Å². The first kappa shape index (κ1) is 15.8.